The van der Waals surface area contributed by atoms with Crippen molar-refractivity contribution in [3.63, 3.8) is 0 Å². The van der Waals surface area contributed by atoms with E-state index < -0.39 is 10.0 Å². The first kappa shape index (κ1) is 16.0. The Labute approximate surface area is 143 Å². The van der Waals surface area contributed by atoms with Crippen LogP contribution in [0.4, 0.5) is 5.82 Å². The lowest BCUT2D eigenvalue weighted by Gasteiger charge is -2.11. The molecule has 0 aliphatic rings. The van der Waals surface area contributed by atoms with Gasteiger partial charge >= 0.3 is 0 Å². The minimum Gasteiger partial charge on any atom is -0.263 e. The van der Waals surface area contributed by atoms with Crippen molar-refractivity contribution in [2.24, 2.45) is 0 Å². The summed E-state index contributed by atoms with van der Waals surface area (Å²) in [5.74, 6) is 0.273. The summed E-state index contributed by atoms with van der Waals surface area (Å²) in [5, 5.41) is 2.36. The van der Waals surface area contributed by atoms with Crippen LogP contribution in [-0.2, 0) is 10.0 Å². The van der Waals surface area contributed by atoms with E-state index in [0.29, 0.717) is 10.6 Å². The summed E-state index contributed by atoms with van der Waals surface area (Å²) < 4.78 is 27.6. The summed E-state index contributed by atoms with van der Waals surface area (Å²) in [7, 11) is -3.75. The highest BCUT2D eigenvalue weighted by molar-refractivity contribution is 7.92. The van der Waals surface area contributed by atoms with Gasteiger partial charge < -0.3 is 0 Å². The summed E-state index contributed by atoms with van der Waals surface area (Å²) in [4.78, 5) is 5.49. The topological polar surface area (TPSA) is 59.1 Å². The third-order valence-corrected chi connectivity index (χ3v) is 6.07. The largest absolute Gasteiger partial charge is 0.263 e. The van der Waals surface area contributed by atoms with Gasteiger partial charge in [-0.3, -0.25) is 4.72 Å². The SMILES string of the molecule is Cc1c(Cl)cccc1S(=O)(=O)Nc1cccc(-c2cccs2)n1. The Morgan fingerprint density at radius 1 is 1.09 bits per heavy atom. The van der Waals surface area contributed by atoms with Crippen LogP contribution in [0.5, 0.6) is 0 Å². The number of hydrogen-bond acceptors (Lipinski definition) is 4. The zero-order chi connectivity index (χ0) is 16.4. The number of sulfonamides is 1. The van der Waals surface area contributed by atoms with Crippen LogP contribution >= 0.6 is 22.9 Å². The first-order chi connectivity index (χ1) is 11.0. The van der Waals surface area contributed by atoms with Gasteiger partial charge in [-0.15, -0.1) is 11.3 Å². The molecule has 2 aromatic heterocycles. The van der Waals surface area contributed by atoms with Gasteiger partial charge in [0.15, 0.2) is 0 Å². The molecule has 2 heterocycles. The van der Waals surface area contributed by atoms with E-state index in [2.05, 4.69) is 9.71 Å². The first-order valence-electron chi connectivity index (χ1n) is 6.76. The molecular weight excluding hydrogens is 352 g/mol. The fraction of sp³-hybridized carbons (Fsp3) is 0.0625. The molecular formula is C16H13ClN2O2S2. The highest BCUT2D eigenvalue weighted by atomic mass is 35.5. The maximum atomic E-state index is 12.6. The van der Waals surface area contributed by atoms with Gasteiger partial charge in [0.25, 0.3) is 10.0 Å². The number of pyridine rings is 1. The third-order valence-electron chi connectivity index (χ3n) is 3.27. The Hall–Kier alpha value is -1.89. The van der Waals surface area contributed by atoms with Crippen molar-refractivity contribution in [2.75, 3.05) is 4.72 Å². The molecule has 0 saturated heterocycles. The Bertz CT molecular complexity index is 938. The molecule has 0 atom stereocenters. The monoisotopic (exact) mass is 364 g/mol. The zero-order valence-corrected chi connectivity index (χ0v) is 14.5. The van der Waals surface area contributed by atoms with E-state index in [0.717, 1.165) is 10.6 Å². The van der Waals surface area contributed by atoms with E-state index in [1.165, 1.54) is 6.07 Å². The maximum Gasteiger partial charge on any atom is 0.263 e. The lowest BCUT2D eigenvalue weighted by atomic mass is 10.2. The van der Waals surface area contributed by atoms with Gasteiger partial charge in [0.2, 0.25) is 0 Å². The second-order valence-electron chi connectivity index (χ2n) is 4.85. The van der Waals surface area contributed by atoms with Crippen molar-refractivity contribution in [2.45, 2.75) is 11.8 Å². The maximum absolute atomic E-state index is 12.6. The highest BCUT2D eigenvalue weighted by Gasteiger charge is 2.19. The quantitative estimate of drug-likeness (QED) is 0.737. The number of benzene rings is 1. The van der Waals surface area contributed by atoms with Crippen LogP contribution in [0.3, 0.4) is 0 Å². The van der Waals surface area contributed by atoms with Crippen LogP contribution < -0.4 is 4.72 Å². The molecule has 0 aliphatic heterocycles. The van der Waals surface area contributed by atoms with E-state index in [1.807, 2.05) is 23.6 Å². The number of aromatic nitrogens is 1. The first-order valence-corrected chi connectivity index (χ1v) is 9.50. The highest BCUT2D eigenvalue weighted by Crippen LogP contribution is 2.26. The van der Waals surface area contributed by atoms with Crippen LogP contribution in [0.1, 0.15) is 5.56 Å². The fourth-order valence-electron chi connectivity index (χ4n) is 2.12. The average Bonchev–Trinajstić information content (AvgIpc) is 3.04. The molecule has 23 heavy (non-hydrogen) atoms. The van der Waals surface area contributed by atoms with Crippen LogP contribution in [0, 0.1) is 6.92 Å². The number of hydrogen-bond donors (Lipinski definition) is 1. The fourth-order valence-corrected chi connectivity index (χ4v) is 4.32. The van der Waals surface area contributed by atoms with Gasteiger partial charge in [0, 0.05) is 5.02 Å². The van der Waals surface area contributed by atoms with E-state index in [4.69, 9.17) is 11.6 Å². The molecule has 1 N–H and O–H groups in total. The third kappa shape index (κ3) is 3.39. The van der Waals surface area contributed by atoms with Gasteiger partial charge in [-0.2, -0.15) is 0 Å². The Morgan fingerprint density at radius 3 is 2.61 bits per heavy atom. The molecule has 0 aliphatic carbocycles. The van der Waals surface area contributed by atoms with Gasteiger partial charge in [0.05, 0.1) is 15.5 Å². The summed E-state index contributed by atoms with van der Waals surface area (Å²) in [6.07, 6.45) is 0. The predicted molar refractivity (Wildman–Crippen MR) is 94.5 cm³/mol. The molecule has 0 saturated carbocycles. The number of nitrogens with zero attached hydrogens (tertiary/aromatic N) is 1. The molecule has 0 amide bonds. The number of halogens is 1. The van der Waals surface area contributed by atoms with Crippen molar-refractivity contribution in [1.29, 1.82) is 0 Å². The van der Waals surface area contributed by atoms with Crippen molar-refractivity contribution in [3.05, 3.63) is 64.5 Å². The molecule has 3 aromatic rings. The average molecular weight is 365 g/mol. The molecule has 0 bridgehead atoms. The van der Waals surface area contributed by atoms with Gasteiger partial charge in [-0.05, 0) is 48.2 Å². The van der Waals surface area contributed by atoms with Crippen LogP contribution in [0.25, 0.3) is 10.6 Å². The minimum absolute atomic E-state index is 0.147. The molecule has 0 unspecified atom stereocenters. The standard InChI is InChI=1S/C16H13ClN2O2S2/c1-11-12(17)5-2-8-15(11)23(20,21)19-16-9-3-6-13(18-16)14-7-4-10-22-14/h2-10H,1H3,(H,18,19). The molecule has 4 nitrogen and oxygen atoms in total. The normalized spacial score (nSPS) is 11.4. The molecule has 3 rings (SSSR count). The van der Waals surface area contributed by atoms with E-state index >= 15 is 0 Å². The van der Waals surface area contributed by atoms with E-state index in [-0.39, 0.29) is 10.7 Å². The summed E-state index contributed by atoms with van der Waals surface area (Å²) in [6.45, 7) is 1.67. The van der Waals surface area contributed by atoms with Crippen LogP contribution in [0.2, 0.25) is 5.02 Å². The van der Waals surface area contributed by atoms with Crippen molar-refractivity contribution in [3.8, 4) is 10.6 Å². The number of anilines is 1. The molecule has 0 radical (unpaired) electrons. The van der Waals surface area contributed by atoms with Crippen LogP contribution in [-0.4, -0.2) is 13.4 Å². The Morgan fingerprint density at radius 2 is 1.87 bits per heavy atom. The summed E-state index contributed by atoms with van der Waals surface area (Å²) in [6, 6.07) is 13.9. The molecule has 0 fully saturated rings. The van der Waals surface area contributed by atoms with Crippen molar-refractivity contribution < 1.29 is 8.42 Å². The van der Waals surface area contributed by atoms with E-state index in [9.17, 15) is 8.42 Å². The molecule has 0 spiro atoms. The van der Waals surface area contributed by atoms with Crippen molar-refractivity contribution in [1.82, 2.24) is 4.98 Å². The van der Waals surface area contributed by atoms with Gasteiger partial charge in [0.1, 0.15) is 5.82 Å². The second kappa shape index (κ2) is 6.31. The Kier molecular flexibility index (Phi) is 4.39. The van der Waals surface area contributed by atoms with Gasteiger partial charge in [-0.25, -0.2) is 13.4 Å². The molecule has 7 heteroatoms. The minimum atomic E-state index is -3.75. The summed E-state index contributed by atoms with van der Waals surface area (Å²) in [5.41, 5.74) is 1.24. The predicted octanol–water partition coefficient (Wildman–Crippen LogP) is 4.57. The van der Waals surface area contributed by atoms with E-state index in [1.54, 1.807) is 42.5 Å². The van der Waals surface area contributed by atoms with Gasteiger partial charge in [-0.1, -0.05) is 29.8 Å². The zero-order valence-electron chi connectivity index (χ0n) is 12.2. The van der Waals surface area contributed by atoms with Crippen molar-refractivity contribution >= 4 is 38.8 Å². The second-order valence-corrected chi connectivity index (χ2v) is 7.86. The smallest absolute Gasteiger partial charge is 0.263 e. The lowest BCUT2D eigenvalue weighted by molar-refractivity contribution is 0.600. The molecule has 118 valence electrons. The number of nitrogens with one attached hydrogen (secondary N) is 1. The Balaban J connectivity index is 1.95. The number of thiophene rings is 1. The van der Waals surface area contributed by atoms with Crippen LogP contribution in [0.15, 0.2) is 58.8 Å². The molecule has 1 aromatic carbocycles. The summed E-state index contributed by atoms with van der Waals surface area (Å²) >= 11 is 7.56. The lowest BCUT2D eigenvalue weighted by Crippen LogP contribution is -2.15. The number of rotatable bonds is 4.